The van der Waals surface area contributed by atoms with E-state index in [0.717, 1.165) is 11.6 Å². The van der Waals surface area contributed by atoms with Crippen LogP contribution in [0.3, 0.4) is 0 Å². The monoisotopic (exact) mass is 269 g/mol. The molecule has 0 bridgehead atoms. The summed E-state index contributed by atoms with van der Waals surface area (Å²) in [5, 5.41) is 8.29. The molecule has 5 heteroatoms. The molecule has 0 amide bonds. The fraction of sp³-hybridized carbons (Fsp3) is 0. The van der Waals surface area contributed by atoms with Crippen molar-refractivity contribution >= 4 is 12.0 Å². The number of carboxylic acid groups (broad SMARTS) is 1. The van der Waals surface area contributed by atoms with Crippen molar-refractivity contribution in [3.05, 3.63) is 54.3 Å². The summed E-state index contributed by atoms with van der Waals surface area (Å²) in [6, 6.07) is 9.31. The van der Waals surface area contributed by atoms with E-state index >= 15 is 0 Å². The molecule has 0 fully saturated rings. The number of hydrogen-bond acceptors (Lipinski definition) is 1. The molecule has 4 nitrogen and oxygen atoms in total. The van der Waals surface area contributed by atoms with Gasteiger partial charge >= 0.3 is 5.97 Å². The number of benzene rings is 1. The van der Waals surface area contributed by atoms with Crippen LogP contribution in [0, 0.1) is 0 Å². The summed E-state index contributed by atoms with van der Waals surface area (Å²) >= 11 is 0. The van der Waals surface area contributed by atoms with Crippen molar-refractivity contribution in [3.8, 4) is 0 Å². The average Bonchev–Trinajstić information content (AvgIpc) is 2.03. The van der Waals surface area contributed by atoms with Crippen LogP contribution in [0.1, 0.15) is 5.56 Å². The molecule has 0 aliphatic heterocycles. The Labute approximate surface area is 108 Å². The van der Waals surface area contributed by atoms with Gasteiger partial charge in [0.15, 0.2) is 0 Å². The zero-order chi connectivity index (χ0) is 8.10. The summed E-state index contributed by atoms with van der Waals surface area (Å²) in [6.45, 7) is 0. The molecular formula is C9H12N2O2Y-2. The standard InChI is InChI=1S/C9H8O2.2H2N.Y/c10-9(11)7-6-8-4-2-1-3-5-8;;;/h1-7H,(H,10,11);2*1H2;/q;2*-1;/b7-6+;;;. The van der Waals surface area contributed by atoms with Crippen molar-refractivity contribution in [2.75, 3.05) is 0 Å². The largest absolute Gasteiger partial charge is 0.693 e. The molecule has 14 heavy (non-hydrogen) atoms. The molecular weight excluding hydrogens is 257 g/mol. The molecule has 0 heterocycles. The molecule has 1 aromatic rings. The molecule has 0 unspecified atom stereocenters. The van der Waals surface area contributed by atoms with Crippen LogP contribution in [0.5, 0.6) is 0 Å². The van der Waals surface area contributed by atoms with Gasteiger partial charge in [-0.1, -0.05) is 30.3 Å². The van der Waals surface area contributed by atoms with E-state index < -0.39 is 5.97 Å². The molecule has 75 valence electrons. The van der Waals surface area contributed by atoms with E-state index in [4.69, 9.17) is 5.11 Å². The van der Waals surface area contributed by atoms with Crippen LogP contribution in [0.4, 0.5) is 0 Å². The Morgan fingerprint density at radius 3 is 2.07 bits per heavy atom. The van der Waals surface area contributed by atoms with Gasteiger partial charge in [0.25, 0.3) is 0 Å². The molecule has 0 atom stereocenters. The van der Waals surface area contributed by atoms with E-state index in [-0.39, 0.29) is 45.0 Å². The number of carbonyl (C=O) groups is 1. The van der Waals surface area contributed by atoms with Crippen molar-refractivity contribution in [1.82, 2.24) is 0 Å². The first kappa shape index (κ1) is 19.1. The van der Waals surface area contributed by atoms with E-state index in [0.29, 0.717) is 0 Å². The van der Waals surface area contributed by atoms with Crippen LogP contribution >= 0.6 is 0 Å². The molecule has 0 aliphatic rings. The van der Waals surface area contributed by atoms with Gasteiger partial charge in [0.05, 0.1) is 0 Å². The summed E-state index contributed by atoms with van der Waals surface area (Å²) in [5.41, 5.74) is 0.898. The maximum atomic E-state index is 10.1. The van der Waals surface area contributed by atoms with Crippen LogP contribution in [0.2, 0.25) is 0 Å². The van der Waals surface area contributed by atoms with Crippen molar-refractivity contribution in [3.63, 3.8) is 0 Å². The second kappa shape index (κ2) is 10.5. The molecule has 5 N–H and O–H groups in total. The zero-order valence-electron chi connectivity index (χ0n) is 7.63. The quantitative estimate of drug-likeness (QED) is 0.832. The van der Waals surface area contributed by atoms with Gasteiger partial charge in [0, 0.05) is 38.8 Å². The van der Waals surface area contributed by atoms with Gasteiger partial charge < -0.3 is 17.4 Å². The fourth-order valence-electron chi connectivity index (χ4n) is 0.732. The van der Waals surface area contributed by atoms with E-state index in [1.165, 1.54) is 0 Å². The number of aliphatic carboxylic acids is 1. The smallest absolute Gasteiger partial charge is 0.328 e. The van der Waals surface area contributed by atoms with Gasteiger partial charge in [-0.2, -0.15) is 0 Å². The first-order chi connectivity index (χ1) is 5.29. The Morgan fingerprint density at radius 2 is 1.64 bits per heavy atom. The Hall–Kier alpha value is -0.546. The third-order valence-corrected chi connectivity index (χ3v) is 1.22. The number of nitrogens with two attached hydrogens (primary N) is 2. The van der Waals surface area contributed by atoms with Crippen LogP contribution in [-0.4, -0.2) is 11.1 Å². The topological polar surface area (TPSA) is 104 Å². The Balaban J connectivity index is -0.000000403. The summed E-state index contributed by atoms with van der Waals surface area (Å²) in [7, 11) is 0. The molecule has 1 rings (SSSR count). The zero-order valence-corrected chi connectivity index (χ0v) is 10.5. The van der Waals surface area contributed by atoms with Crippen molar-refractivity contribution in [2.45, 2.75) is 0 Å². The summed E-state index contributed by atoms with van der Waals surface area (Å²) < 4.78 is 0. The Morgan fingerprint density at radius 1 is 1.14 bits per heavy atom. The van der Waals surface area contributed by atoms with E-state index in [2.05, 4.69) is 0 Å². The molecule has 0 saturated carbocycles. The molecule has 0 aliphatic carbocycles. The van der Waals surface area contributed by atoms with Gasteiger partial charge in [0.2, 0.25) is 0 Å². The maximum absolute atomic E-state index is 10.1. The first-order valence-electron chi connectivity index (χ1n) is 3.25. The van der Waals surface area contributed by atoms with Gasteiger partial charge in [-0.3, -0.25) is 0 Å². The third kappa shape index (κ3) is 8.07. The van der Waals surface area contributed by atoms with Crippen molar-refractivity contribution < 1.29 is 42.6 Å². The first-order valence-corrected chi connectivity index (χ1v) is 3.25. The minimum atomic E-state index is -0.922. The van der Waals surface area contributed by atoms with Crippen LogP contribution in [0.15, 0.2) is 36.4 Å². The van der Waals surface area contributed by atoms with Crippen molar-refractivity contribution in [1.29, 1.82) is 0 Å². The molecule has 1 aromatic carbocycles. The van der Waals surface area contributed by atoms with Gasteiger partial charge in [0.1, 0.15) is 0 Å². The minimum absolute atomic E-state index is 0. The Bertz CT molecular complexity index is 275. The SMILES string of the molecule is O=C(O)/C=C/c1ccccc1.[NH2-].[NH2-].[Y]. The van der Waals surface area contributed by atoms with E-state index in [1.807, 2.05) is 30.3 Å². The second-order valence-electron chi connectivity index (χ2n) is 2.08. The number of hydrogen-bond donors (Lipinski definition) is 1. The summed E-state index contributed by atoms with van der Waals surface area (Å²) in [4.78, 5) is 10.1. The molecule has 1 radical (unpaired) electrons. The van der Waals surface area contributed by atoms with Gasteiger partial charge in [-0.25, -0.2) is 4.79 Å². The normalized spacial score (nSPS) is 8.00. The van der Waals surface area contributed by atoms with Crippen molar-refractivity contribution in [2.24, 2.45) is 0 Å². The maximum Gasteiger partial charge on any atom is 0.328 e. The van der Waals surface area contributed by atoms with Crippen LogP contribution in [-0.2, 0) is 37.5 Å². The molecule has 0 saturated heterocycles. The van der Waals surface area contributed by atoms with E-state index in [1.54, 1.807) is 6.08 Å². The molecule has 0 spiro atoms. The third-order valence-electron chi connectivity index (χ3n) is 1.22. The average molecular weight is 269 g/mol. The fourth-order valence-corrected chi connectivity index (χ4v) is 0.732. The van der Waals surface area contributed by atoms with Gasteiger partial charge in [-0.15, -0.1) is 0 Å². The molecule has 0 aromatic heterocycles. The van der Waals surface area contributed by atoms with Crippen LogP contribution in [0.25, 0.3) is 18.4 Å². The predicted molar refractivity (Wildman–Crippen MR) is 53.7 cm³/mol. The number of carboxylic acids is 1. The predicted octanol–water partition coefficient (Wildman–Crippen LogP) is 3.22. The number of rotatable bonds is 2. The van der Waals surface area contributed by atoms with Crippen LogP contribution < -0.4 is 0 Å². The van der Waals surface area contributed by atoms with Gasteiger partial charge in [-0.05, 0) is 11.6 Å². The second-order valence-corrected chi connectivity index (χ2v) is 2.08. The summed E-state index contributed by atoms with van der Waals surface area (Å²) in [6.07, 6.45) is 2.68. The van der Waals surface area contributed by atoms with E-state index in [9.17, 15) is 4.79 Å². The minimum Gasteiger partial charge on any atom is -0.693 e. The Kier molecular flexibility index (Phi) is 14.4. The summed E-state index contributed by atoms with van der Waals surface area (Å²) in [5.74, 6) is -0.922.